The van der Waals surface area contributed by atoms with Crippen molar-refractivity contribution in [3.63, 3.8) is 0 Å². The molecule has 1 aromatic carbocycles. The van der Waals surface area contributed by atoms with E-state index < -0.39 is 0 Å². The van der Waals surface area contributed by atoms with Crippen LogP contribution in [-0.2, 0) is 17.9 Å². The molecule has 5 nitrogen and oxygen atoms in total. The molecule has 0 spiro atoms. The molecular weight excluding hydrogens is 280 g/mol. The highest BCUT2D eigenvalue weighted by atomic mass is 16.5. The molecule has 1 N–H and O–H groups in total. The summed E-state index contributed by atoms with van der Waals surface area (Å²) in [6.45, 7) is 2.81. The van der Waals surface area contributed by atoms with Crippen molar-refractivity contribution in [3.8, 4) is 0 Å². The molecule has 2 rings (SSSR count). The Hall–Kier alpha value is -2.40. The number of ether oxygens (including phenoxy) is 1. The van der Waals surface area contributed by atoms with E-state index in [1.165, 1.54) is 7.05 Å². The molecule has 2 aromatic rings. The molecule has 1 aromatic heterocycles. The number of nitrogens with one attached hydrogen (secondary N) is 1. The third-order valence-corrected chi connectivity index (χ3v) is 3.35. The molecule has 5 heteroatoms. The van der Waals surface area contributed by atoms with Gasteiger partial charge in [-0.3, -0.25) is 9.59 Å². The molecule has 22 heavy (non-hydrogen) atoms. The maximum absolute atomic E-state index is 12.4. The van der Waals surface area contributed by atoms with Gasteiger partial charge in [-0.05, 0) is 29.7 Å². The van der Waals surface area contributed by atoms with E-state index >= 15 is 0 Å². The van der Waals surface area contributed by atoms with Crippen molar-refractivity contribution >= 4 is 5.91 Å². The number of benzene rings is 1. The summed E-state index contributed by atoms with van der Waals surface area (Å²) in [6.07, 6.45) is 1.76. The van der Waals surface area contributed by atoms with Crippen molar-refractivity contribution in [2.24, 2.45) is 0 Å². The Morgan fingerprint density at radius 1 is 1.27 bits per heavy atom. The number of rotatable bonds is 5. The van der Waals surface area contributed by atoms with Crippen LogP contribution in [0.25, 0.3) is 0 Å². The van der Waals surface area contributed by atoms with Gasteiger partial charge in [-0.1, -0.05) is 24.3 Å². The summed E-state index contributed by atoms with van der Waals surface area (Å²) < 4.78 is 6.68. The lowest BCUT2D eigenvalue weighted by Crippen LogP contribution is -2.31. The Morgan fingerprint density at radius 3 is 2.68 bits per heavy atom. The van der Waals surface area contributed by atoms with Gasteiger partial charge >= 0.3 is 0 Å². The first-order valence-electron chi connectivity index (χ1n) is 7.05. The van der Waals surface area contributed by atoms with E-state index in [1.54, 1.807) is 23.9 Å². The minimum Gasteiger partial charge on any atom is -0.380 e. The highest BCUT2D eigenvalue weighted by molar-refractivity contribution is 5.93. The third-order valence-electron chi connectivity index (χ3n) is 3.35. The predicted octanol–water partition coefficient (Wildman–Crippen LogP) is 1.71. The maximum atomic E-state index is 12.4. The average Bonchev–Trinajstić information content (AvgIpc) is 2.50. The van der Waals surface area contributed by atoms with Gasteiger partial charge in [-0.15, -0.1) is 0 Å². The van der Waals surface area contributed by atoms with Crippen LogP contribution in [0, 0.1) is 6.92 Å². The molecule has 0 radical (unpaired) electrons. The summed E-state index contributed by atoms with van der Waals surface area (Å²) in [7, 11) is 3.16. The lowest BCUT2D eigenvalue weighted by atomic mass is 10.1. The first-order chi connectivity index (χ1) is 10.5. The van der Waals surface area contributed by atoms with Crippen molar-refractivity contribution in [3.05, 3.63) is 69.1 Å². The maximum Gasteiger partial charge on any atom is 0.263 e. The molecule has 0 atom stereocenters. The van der Waals surface area contributed by atoms with Gasteiger partial charge in [-0.2, -0.15) is 0 Å². The minimum absolute atomic E-state index is 0.163. The van der Waals surface area contributed by atoms with Crippen LogP contribution in [0.1, 0.15) is 27.0 Å². The Balaban J connectivity index is 2.37. The van der Waals surface area contributed by atoms with Crippen LogP contribution >= 0.6 is 0 Å². The highest BCUT2D eigenvalue weighted by Gasteiger charge is 2.12. The summed E-state index contributed by atoms with van der Waals surface area (Å²) >= 11 is 0. The zero-order chi connectivity index (χ0) is 16.1. The second-order valence-electron chi connectivity index (χ2n) is 5.20. The van der Waals surface area contributed by atoms with Crippen molar-refractivity contribution in [2.75, 3.05) is 14.2 Å². The van der Waals surface area contributed by atoms with Gasteiger partial charge in [0.05, 0.1) is 13.2 Å². The molecule has 0 aliphatic heterocycles. The average molecular weight is 300 g/mol. The van der Waals surface area contributed by atoms with Gasteiger partial charge in [0.25, 0.3) is 11.5 Å². The first kappa shape index (κ1) is 16.0. The van der Waals surface area contributed by atoms with E-state index in [0.717, 1.165) is 16.7 Å². The van der Waals surface area contributed by atoms with Crippen LogP contribution in [0.5, 0.6) is 0 Å². The molecule has 116 valence electrons. The van der Waals surface area contributed by atoms with Gasteiger partial charge in [0.15, 0.2) is 0 Å². The Labute approximate surface area is 129 Å². The third kappa shape index (κ3) is 3.62. The number of carbonyl (C=O) groups excluding carboxylic acids is 1. The fourth-order valence-corrected chi connectivity index (χ4v) is 2.38. The zero-order valence-corrected chi connectivity index (χ0v) is 13.1. The number of aryl methyl sites for hydroxylation is 1. The summed E-state index contributed by atoms with van der Waals surface area (Å²) in [6, 6.07) is 9.47. The number of nitrogens with zero attached hydrogens (tertiary/aromatic N) is 1. The standard InChI is InChI=1S/C17H20N2O3/c1-12-7-15(16(20)18-2)17(21)19(9-12)10-13-5-4-6-14(8-13)11-22-3/h4-9H,10-11H2,1-3H3,(H,18,20). The van der Waals surface area contributed by atoms with E-state index in [1.807, 2.05) is 31.2 Å². The smallest absolute Gasteiger partial charge is 0.263 e. The SMILES string of the molecule is CNC(=O)c1cc(C)cn(Cc2cccc(COC)c2)c1=O. The summed E-state index contributed by atoms with van der Waals surface area (Å²) in [5, 5.41) is 2.50. The Morgan fingerprint density at radius 2 is 2.00 bits per heavy atom. The van der Waals surface area contributed by atoms with E-state index in [4.69, 9.17) is 4.74 Å². The fraction of sp³-hybridized carbons (Fsp3) is 0.294. The van der Waals surface area contributed by atoms with E-state index in [-0.39, 0.29) is 17.0 Å². The van der Waals surface area contributed by atoms with Crippen LogP contribution in [-0.4, -0.2) is 24.6 Å². The number of methoxy groups -OCH3 is 1. The number of amides is 1. The molecule has 1 amide bonds. The number of pyridine rings is 1. The largest absolute Gasteiger partial charge is 0.380 e. The van der Waals surface area contributed by atoms with E-state index in [0.29, 0.717) is 13.2 Å². The van der Waals surface area contributed by atoms with Crippen molar-refractivity contribution in [1.82, 2.24) is 9.88 Å². The lowest BCUT2D eigenvalue weighted by molar-refractivity contribution is 0.0961. The molecule has 0 aliphatic carbocycles. The number of hydrogen-bond donors (Lipinski definition) is 1. The van der Waals surface area contributed by atoms with E-state index in [2.05, 4.69) is 5.32 Å². The summed E-state index contributed by atoms with van der Waals surface area (Å²) in [5.41, 5.74) is 2.78. The number of aromatic nitrogens is 1. The van der Waals surface area contributed by atoms with Gasteiger partial charge in [0.2, 0.25) is 0 Å². The normalized spacial score (nSPS) is 10.5. The molecule has 0 fully saturated rings. The molecule has 0 bridgehead atoms. The number of carbonyl (C=O) groups is 1. The van der Waals surface area contributed by atoms with Crippen LogP contribution < -0.4 is 10.9 Å². The van der Waals surface area contributed by atoms with Gasteiger partial charge in [0.1, 0.15) is 5.56 Å². The molecule has 1 heterocycles. The summed E-state index contributed by atoms with van der Waals surface area (Å²) in [5.74, 6) is -0.365. The monoisotopic (exact) mass is 300 g/mol. The highest BCUT2D eigenvalue weighted by Crippen LogP contribution is 2.09. The van der Waals surface area contributed by atoms with Gasteiger partial charge in [0, 0.05) is 20.4 Å². The first-order valence-corrected chi connectivity index (χ1v) is 7.05. The molecular formula is C17H20N2O3. The fourth-order valence-electron chi connectivity index (χ4n) is 2.38. The minimum atomic E-state index is -0.365. The van der Waals surface area contributed by atoms with Gasteiger partial charge in [-0.25, -0.2) is 0 Å². The quantitative estimate of drug-likeness (QED) is 0.914. The summed E-state index contributed by atoms with van der Waals surface area (Å²) in [4.78, 5) is 24.2. The van der Waals surface area contributed by atoms with Crippen LogP contribution in [0.2, 0.25) is 0 Å². The topological polar surface area (TPSA) is 60.3 Å². The molecule has 0 unspecified atom stereocenters. The van der Waals surface area contributed by atoms with Crippen molar-refractivity contribution < 1.29 is 9.53 Å². The molecule has 0 saturated heterocycles. The zero-order valence-electron chi connectivity index (χ0n) is 13.1. The van der Waals surface area contributed by atoms with Crippen molar-refractivity contribution in [1.29, 1.82) is 0 Å². The molecule has 0 saturated carbocycles. The Kier molecular flexibility index (Phi) is 5.12. The predicted molar refractivity (Wildman–Crippen MR) is 85.1 cm³/mol. The second-order valence-corrected chi connectivity index (χ2v) is 5.20. The second kappa shape index (κ2) is 7.04. The Bertz CT molecular complexity index is 735. The van der Waals surface area contributed by atoms with Crippen LogP contribution in [0.15, 0.2) is 41.3 Å². The van der Waals surface area contributed by atoms with Crippen molar-refractivity contribution in [2.45, 2.75) is 20.1 Å². The molecule has 0 aliphatic rings. The van der Waals surface area contributed by atoms with Crippen LogP contribution in [0.4, 0.5) is 0 Å². The van der Waals surface area contributed by atoms with E-state index in [9.17, 15) is 9.59 Å². The number of hydrogen-bond acceptors (Lipinski definition) is 3. The van der Waals surface area contributed by atoms with Crippen LogP contribution in [0.3, 0.4) is 0 Å². The lowest BCUT2D eigenvalue weighted by Gasteiger charge is -2.11. The van der Waals surface area contributed by atoms with Gasteiger partial charge < -0.3 is 14.6 Å².